The summed E-state index contributed by atoms with van der Waals surface area (Å²) in [5.74, 6) is 0.686. The van der Waals surface area contributed by atoms with Crippen LogP contribution in [0.15, 0.2) is 24.8 Å². The highest BCUT2D eigenvalue weighted by molar-refractivity contribution is 5.70. The van der Waals surface area contributed by atoms with Gasteiger partial charge in [-0.05, 0) is 44.7 Å². The van der Waals surface area contributed by atoms with E-state index in [1.54, 1.807) is 4.90 Å². The summed E-state index contributed by atoms with van der Waals surface area (Å²) in [7, 11) is 0. The van der Waals surface area contributed by atoms with Crippen molar-refractivity contribution in [2.24, 2.45) is 0 Å². The second kappa shape index (κ2) is 7.73. The third-order valence-electron chi connectivity index (χ3n) is 4.00. The lowest BCUT2D eigenvalue weighted by Crippen LogP contribution is -2.40. The summed E-state index contributed by atoms with van der Waals surface area (Å²) in [5, 5.41) is 0. The van der Waals surface area contributed by atoms with E-state index in [0.29, 0.717) is 25.5 Å². The summed E-state index contributed by atoms with van der Waals surface area (Å²) in [5.41, 5.74) is 2.89. The molecule has 24 heavy (non-hydrogen) atoms. The minimum absolute atomic E-state index is 0.263. The van der Waals surface area contributed by atoms with Gasteiger partial charge in [0, 0.05) is 18.7 Å². The Morgan fingerprint density at radius 1 is 1.33 bits per heavy atom. The molecule has 1 amide bonds. The zero-order chi connectivity index (χ0) is 17.7. The number of fused-ring (bicyclic) bond motifs is 1. The summed E-state index contributed by atoms with van der Waals surface area (Å²) in [6, 6.07) is 6.17. The Kier molecular flexibility index (Phi) is 5.92. The lowest BCUT2D eigenvalue weighted by atomic mass is 9.94. The molecule has 132 valence electrons. The summed E-state index contributed by atoms with van der Waals surface area (Å²) in [6.07, 6.45) is 2.66. The first kappa shape index (κ1) is 18.4. The van der Waals surface area contributed by atoms with Gasteiger partial charge < -0.3 is 14.4 Å². The van der Waals surface area contributed by atoms with Gasteiger partial charge in [-0.15, -0.1) is 0 Å². The predicted molar refractivity (Wildman–Crippen MR) is 96.7 cm³/mol. The van der Waals surface area contributed by atoms with Crippen LogP contribution in [-0.2, 0) is 22.4 Å². The molecule has 1 aromatic rings. The number of hydrogen-bond acceptors (Lipinski definition) is 3. The largest absolute Gasteiger partial charge is 0.494 e. The van der Waals surface area contributed by atoms with Crippen LogP contribution >= 0.6 is 0 Å². The molecule has 4 nitrogen and oxygen atoms in total. The lowest BCUT2D eigenvalue weighted by Gasteiger charge is -2.32. The lowest BCUT2D eigenvalue weighted by molar-refractivity contribution is 0.0223. The van der Waals surface area contributed by atoms with Crippen molar-refractivity contribution < 1.29 is 14.3 Å². The maximum Gasteiger partial charge on any atom is 0.410 e. The van der Waals surface area contributed by atoms with Crippen molar-refractivity contribution in [2.45, 2.75) is 59.1 Å². The number of hydrogen-bond donors (Lipinski definition) is 0. The van der Waals surface area contributed by atoms with E-state index in [2.05, 4.69) is 19.6 Å². The summed E-state index contributed by atoms with van der Waals surface area (Å²) in [6.45, 7) is 13.8. The van der Waals surface area contributed by atoms with Gasteiger partial charge >= 0.3 is 6.09 Å². The van der Waals surface area contributed by atoms with Gasteiger partial charge in [-0.2, -0.15) is 0 Å². The fourth-order valence-electron chi connectivity index (χ4n) is 2.74. The first-order chi connectivity index (χ1) is 11.3. The average molecular weight is 331 g/mol. The van der Waals surface area contributed by atoms with Crippen molar-refractivity contribution in [1.29, 1.82) is 0 Å². The zero-order valence-electron chi connectivity index (χ0n) is 15.4. The number of carbonyl (C=O) groups is 1. The minimum atomic E-state index is -0.482. The normalized spacial score (nSPS) is 14.1. The van der Waals surface area contributed by atoms with E-state index in [1.807, 2.05) is 32.9 Å². The molecule has 1 aliphatic rings. The molecule has 4 heteroatoms. The van der Waals surface area contributed by atoms with Gasteiger partial charge in [0.1, 0.15) is 11.4 Å². The van der Waals surface area contributed by atoms with Crippen LogP contribution in [0.3, 0.4) is 0 Å². The fourth-order valence-corrected chi connectivity index (χ4v) is 2.74. The van der Waals surface area contributed by atoms with Crippen LogP contribution in [0, 0.1) is 0 Å². The molecule has 1 heterocycles. The number of carbonyl (C=O) groups excluding carboxylic acids is 1. The molecular weight excluding hydrogens is 302 g/mol. The van der Waals surface area contributed by atoms with E-state index in [1.165, 1.54) is 5.56 Å². The van der Waals surface area contributed by atoms with Gasteiger partial charge in [0.15, 0.2) is 0 Å². The molecule has 0 aliphatic carbocycles. The summed E-state index contributed by atoms with van der Waals surface area (Å²) in [4.78, 5) is 14.1. The van der Waals surface area contributed by atoms with Crippen molar-refractivity contribution in [2.75, 3.05) is 13.2 Å². The highest BCUT2D eigenvalue weighted by Gasteiger charge is 2.27. The van der Waals surface area contributed by atoms with Crippen molar-refractivity contribution in [3.63, 3.8) is 0 Å². The third-order valence-corrected chi connectivity index (χ3v) is 4.00. The van der Waals surface area contributed by atoms with E-state index in [9.17, 15) is 4.79 Å². The maximum absolute atomic E-state index is 12.4. The zero-order valence-corrected chi connectivity index (χ0v) is 15.4. The molecule has 1 aliphatic heterocycles. The summed E-state index contributed by atoms with van der Waals surface area (Å²) < 4.78 is 11.3. The van der Waals surface area contributed by atoms with E-state index in [4.69, 9.17) is 9.47 Å². The Morgan fingerprint density at radius 2 is 2.08 bits per heavy atom. The van der Waals surface area contributed by atoms with Gasteiger partial charge in [-0.1, -0.05) is 38.1 Å². The molecule has 0 radical (unpaired) electrons. The maximum atomic E-state index is 12.4. The van der Waals surface area contributed by atoms with Gasteiger partial charge in [-0.3, -0.25) is 0 Å². The predicted octanol–water partition coefficient (Wildman–Crippen LogP) is 4.77. The van der Waals surface area contributed by atoms with E-state index in [0.717, 1.165) is 30.4 Å². The second-order valence-electron chi connectivity index (χ2n) is 7.22. The number of amides is 1. The second-order valence-corrected chi connectivity index (χ2v) is 7.22. The fraction of sp³-hybridized carbons (Fsp3) is 0.550. The van der Waals surface area contributed by atoms with Crippen molar-refractivity contribution in [3.05, 3.63) is 41.5 Å². The van der Waals surface area contributed by atoms with Crippen LogP contribution in [0.4, 0.5) is 4.79 Å². The Balaban J connectivity index is 2.14. The van der Waals surface area contributed by atoms with Crippen LogP contribution in [-0.4, -0.2) is 29.7 Å². The molecule has 0 saturated heterocycles. The van der Waals surface area contributed by atoms with Crippen LogP contribution in [0.2, 0.25) is 0 Å². The quantitative estimate of drug-likeness (QED) is 0.576. The number of ether oxygens (including phenoxy) is 2. The third kappa shape index (κ3) is 4.76. The number of benzene rings is 1. The van der Waals surface area contributed by atoms with Crippen LogP contribution < -0.4 is 0 Å². The van der Waals surface area contributed by atoms with Crippen LogP contribution in [0.5, 0.6) is 0 Å². The van der Waals surface area contributed by atoms with E-state index in [-0.39, 0.29) is 6.09 Å². The Bertz CT molecular complexity index is 601. The topological polar surface area (TPSA) is 38.8 Å². The standard InChI is InChI=1S/C20H29NO3/c1-6-7-13-23-15(2)17-10-8-9-16-11-12-21(14-18(16)17)19(22)24-20(3,4)5/h8-10H,2,6-7,11-14H2,1,3-5H3. The van der Waals surface area contributed by atoms with Crippen LogP contribution in [0.25, 0.3) is 5.76 Å². The van der Waals surface area contributed by atoms with E-state index < -0.39 is 5.60 Å². The van der Waals surface area contributed by atoms with Crippen molar-refractivity contribution >= 4 is 11.9 Å². The molecule has 0 fully saturated rings. The summed E-state index contributed by atoms with van der Waals surface area (Å²) >= 11 is 0. The van der Waals surface area contributed by atoms with Gasteiger partial charge in [0.25, 0.3) is 0 Å². The van der Waals surface area contributed by atoms with Crippen LogP contribution in [0.1, 0.15) is 57.2 Å². The molecule has 0 aromatic heterocycles. The Labute approximate surface area is 145 Å². The molecule has 2 rings (SSSR count). The first-order valence-corrected chi connectivity index (χ1v) is 8.72. The molecule has 0 bridgehead atoms. The molecule has 1 aromatic carbocycles. The molecule has 0 saturated carbocycles. The average Bonchev–Trinajstić information content (AvgIpc) is 2.52. The minimum Gasteiger partial charge on any atom is -0.494 e. The highest BCUT2D eigenvalue weighted by Crippen LogP contribution is 2.28. The molecular formula is C20H29NO3. The molecule has 0 spiro atoms. The van der Waals surface area contributed by atoms with E-state index >= 15 is 0 Å². The number of unbranched alkanes of at least 4 members (excludes halogenated alkanes) is 1. The molecule has 0 unspecified atom stereocenters. The van der Waals surface area contributed by atoms with Gasteiger partial charge in [-0.25, -0.2) is 4.79 Å². The molecule has 0 atom stereocenters. The Morgan fingerprint density at radius 3 is 2.75 bits per heavy atom. The SMILES string of the molecule is C=C(OCCCC)c1cccc2c1CN(C(=O)OC(C)(C)C)CC2. The number of nitrogens with zero attached hydrogens (tertiary/aromatic N) is 1. The van der Waals surface area contributed by atoms with Gasteiger partial charge in [0.2, 0.25) is 0 Å². The molecule has 0 N–H and O–H groups in total. The Hall–Kier alpha value is -1.97. The van der Waals surface area contributed by atoms with Gasteiger partial charge in [0.05, 0.1) is 6.61 Å². The smallest absolute Gasteiger partial charge is 0.410 e. The van der Waals surface area contributed by atoms with Crippen molar-refractivity contribution in [1.82, 2.24) is 4.90 Å². The van der Waals surface area contributed by atoms with Crippen molar-refractivity contribution in [3.8, 4) is 0 Å². The first-order valence-electron chi connectivity index (χ1n) is 8.72. The monoisotopic (exact) mass is 331 g/mol. The number of rotatable bonds is 5. The highest BCUT2D eigenvalue weighted by atomic mass is 16.6.